The highest BCUT2D eigenvalue weighted by Crippen LogP contribution is 2.29. The smallest absolute Gasteiger partial charge is 0.244 e. The minimum Gasteiger partial charge on any atom is -0.368 e. The third kappa shape index (κ3) is 6.14. The van der Waals surface area contributed by atoms with Crippen molar-refractivity contribution >= 4 is 33.3 Å². The summed E-state index contributed by atoms with van der Waals surface area (Å²) < 4.78 is 28.6. The van der Waals surface area contributed by atoms with Crippen molar-refractivity contribution in [3.05, 3.63) is 136 Å². The molecule has 0 heterocycles. The first-order chi connectivity index (χ1) is 17.8. The summed E-state index contributed by atoms with van der Waals surface area (Å²) in [4.78, 5) is 25.3. The summed E-state index contributed by atoms with van der Waals surface area (Å²) in [7, 11) is -4.12. The molecule has 0 aliphatic heterocycles. The van der Waals surface area contributed by atoms with Crippen LogP contribution in [0.25, 0.3) is 0 Å². The van der Waals surface area contributed by atoms with E-state index in [2.05, 4.69) is 0 Å². The molecule has 4 aromatic carbocycles. The van der Waals surface area contributed by atoms with E-state index in [1.165, 1.54) is 24.3 Å². The Hall–Kier alpha value is -3.78. The Morgan fingerprint density at radius 3 is 1.86 bits per heavy atom. The van der Waals surface area contributed by atoms with E-state index in [9.17, 15) is 18.0 Å². The van der Waals surface area contributed by atoms with Crippen LogP contribution in [-0.2, 0) is 21.2 Å². The van der Waals surface area contributed by atoms with Crippen LogP contribution in [0.5, 0.6) is 0 Å². The van der Waals surface area contributed by atoms with E-state index in [0.29, 0.717) is 28.1 Å². The topological polar surface area (TPSA) is 97.5 Å². The zero-order chi connectivity index (χ0) is 26.4. The van der Waals surface area contributed by atoms with Gasteiger partial charge >= 0.3 is 0 Å². The molecule has 0 aromatic heterocycles. The van der Waals surface area contributed by atoms with Crippen LogP contribution in [0.3, 0.4) is 0 Å². The number of rotatable bonds is 10. The van der Waals surface area contributed by atoms with Crippen LogP contribution < -0.4 is 5.73 Å². The number of sulfonamides is 1. The molecule has 0 saturated carbocycles. The van der Waals surface area contributed by atoms with Crippen molar-refractivity contribution in [2.45, 2.75) is 17.4 Å². The molecule has 6 nitrogen and oxygen atoms in total. The molecule has 0 bridgehead atoms. The summed E-state index contributed by atoms with van der Waals surface area (Å²) in [5, 5.41) is 0.394. The number of primary amides is 1. The van der Waals surface area contributed by atoms with Gasteiger partial charge in [-0.15, -0.1) is 0 Å². The average molecular weight is 533 g/mol. The fourth-order valence-corrected chi connectivity index (χ4v) is 5.77. The molecule has 0 unspecified atom stereocenters. The minimum atomic E-state index is -4.12. The van der Waals surface area contributed by atoms with E-state index >= 15 is 0 Å². The number of carbonyl (C=O) groups is 2. The fraction of sp³-hybridized carbons (Fsp3) is 0.103. The summed E-state index contributed by atoms with van der Waals surface area (Å²) in [6.45, 7) is -0.0144. The van der Waals surface area contributed by atoms with Gasteiger partial charge in [0, 0.05) is 22.7 Å². The standard InChI is InChI=1S/C29H25ClN2O4S/c30-25-15-17-26(18-16-25)37(35,36)32(27(29(31)34)22-7-3-1-4-8-22)20-19-21-11-13-24(14-12-21)28(33)23-9-5-2-6-10-23/h1-18,27H,19-20H2,(H2,31,34)/t27-/m1/s1. The van der Waals surface area contributed by atoms with Crippen LogP contribution in [0, 0.1) is 0 Å². The number of amides is 1. The predicted octanol–water partition coefficient (Wildman–Crippen LogP) is 5.03. The lowest BCUT2D eigenvalue weighted by Crippen LogP contribution is -2.42. The van der Waals surface area contributed by atoms with Crippen molar-refractivity contribution in [3.63, 3.8) is 0 Å². The molecule has 4 aromatic rings. The summed E-state index contributed by atoms with van der Waals surface area (Å²) in [6.07, 6.45) is 0.295. The number of hydrogen-bond donors (Lipinski definition) is 1. The zero-order valence-electron chi connectivity index (χ0n) is 19.8. The molecule has 0 spiro atoms. The van der Waals surface area contributed by atoms with Gasteiger partial charge in [0.2, 0.25) is 15.9 Å². The summed E-state index contributed by atoms with van der Waals surface area (Å²) >= 11 is 5.96. The van der Waals surface area contributed by atoms with Gasteiger partial charge in [-0.25, -0.2) is 8.42 Å². The van der Waals surface area contributed by atoms with E-state index in [-0.39, 0.29) is 17.2 Å². The van der Waals surface area contributed by atoms with Crippen molar-refractivity contribution in [1.29, 1.82) is 0 Å². The highest BCUT2D eigenvalue weighted by molar-refractivity contribution is 7.89. The third-order valence-electron chi connectivity index (χ3n) is 5.97. The van der Waals surface area contributed by atoms with Crippen molar-refractivity contribution in [3.8, 4) is 0 Å². The van der Waals surface area contributed by atoms with Gasteiger partial charge in [-0.05, 0) is 41.8 Å². The molecule has 37 heavy (non-hydrogen) atoms. The van der Waals surface area contributed by atoms with Crippen LogP contribution >= 0.6 is 11.6 Å². The van der Waals surface area contributed by atoms with Crippen LogP contribution in [0.1, 0.15) is 33.1 Å². The lowest BCUT2D eigenvalue weighted by molar-refractivity contribution is -0.121. The highest BCUT2D eigenvalue weighted by atomic mass is 35.5. The molecule has 4 rings (SSSR count). The van der Waals surface area contributed by atoms with Crippen molar-refractivity contribution < 1.29 is 18.0 Å². The van der Waals surface area contributed by atoms with Crippen LogP contribution in [0.4, 0.5) is 0 Å². The molecule has 0 aliphatic rings. The van der Waals surface area contributed by atoms with Gasteiger partial charge in [0.05, 0.1) is 4.90 Å². The van der Waals surface area contributed by atoms with Gasteiger partial charge in [0.1, 0.15) is 6.04 Å². The Balaban J connectivity index is 1.63. The van der Waals surface area contributed by atoms with Gasteiger partial charge in [0.25, 0.3) is 0 Å². The molecule has 1 amide bonds. The number of hydrogen-bond acceptors (Lipinski definition) is 4. The number of nitrogens with zero attached hydrogens (tertiary/aromatic N) is 1. The second kappa shape index (κ2) is 11.5. The monoisotopic (exact) mass is 532 g/mol. The Labute approximate surface area is 221 Å². The second-order valence-corrected chi connectivity index (χ2v) is 10.8. The Bertz CT molecular complexity index is 1470. The molecule has 0 radical (unpaired) electrons. The van der Waals surface area contributed by atoms with E-state index in [1.54, 1.807) is 78.9 Å². The summed E-state index contributed by atoms with van der Waals surface area (Å²) in [5.41, 5.74) is 8.13. The molecule has 0 saturated heterocycles. The Kier molecular flexibility index (Phi) is 8.18. The Morgan fingerprint density at radius 1 is 0.757 bits per heavy atom. The fourth-order valence-electron chi connectivity index (χ4n) is 4.06. The summed E-state index contributed by atoms with van der Waals surface area (Å²) in [6, 6.07) is 29.1. The first-order valence-corrected chi connectivity index (χ1v) is 13.4. The number of halogens is 1. The number of benzene rings is 4. The third-order valence-corrected chi connectivity index (χ3v) is 8.10. The predicted molar refractivity (Wildman–Crippen MR) is 144 cm³/mol. The van der Waals surface area contributed by atoms with Gasteiger partial charge < -0.3 is 5.73 Å². The SMILES string of the molecule is NC(=O)[C@@H](c1ccccc1)N(CCc1ccc(C(=O)c2ccccc2)cc1)S(=O)(=O)c1ccc(Cl)cc1. The van der Waals surface area contributed by atoms with Gasteiger partial charge in [-0.1, -0.05) is 96.5 Å². The maximum atomic E-state index is 13.7. The van der Waals surface area contributed by atoms with Crippen molar-refractivity contribution in [2.24, 2.45) is 5.73 Å². The van der Waals surface area contributed by atoms with Crippen LogP contribution in [-0.4, -0.2) is 31.0 Å². The molecule has 0 aliphatic carbocycles. The molecular formula is C29H25ClN2O4S. The van der Waals surface area contributed by atoms with E-state index < -0.39 is 22.0 Å². The highest BCUT2D eigenvalue weighted by Gasteiger charge is 2.35. The Morgan fingerprint density at radius 2 is 1.30 bits per heavy atom. The molecule has 188 valence electrons. The van der Waals surface area contributed by atoms with Crippen LogP contribution in [0.2, 0.25) is 5.02 Å². The number of nitrogens with two attached hydrogens (primary N) is 1. The number of ketones is 1. The quantitative estimate of drug-likeness (QED) is 0.290. The van der Waals surface area contributed by atoms with Crippen molar-refractivity contribution in [1.82, 2.24) is 4.31 Å². The first kappa shape index (κ1) is 26.3. The zero-order valence-corrected chi connectivity index (χ0v) is 21.4. The molecule has 0 fully saturated rings. The molecule has 8 heteroatoms. The van der Waals surface area contributed by atoms with Gasteiger partial charge in [0.15, 0.2) is 5.78 Å². The lowest BCUT2D eigenvalue weighted by Gasteiger charge is -2.29. The minimum absolute atomic E-state index is 0.00267. The largest absolute Gasteiger partial charge is 0.368 e. The average Bonchev–Trinajstić information content (AvgIpc) is 2.92. The molecular weight excluding hydrogens is 508 g/mol. The first-order valence-electron chi connectivity index (χ1n) is 11.6. The van der Waals surface area contributed by atoms with E-state index in [4.69, 9.17) is 17.3 Å². The van der Waals surface area contributed by atoms with Crippen LogP contribution in [0.15, 0.2) is 114 Å². The lowest BCUT2D eigenvalue weighted by atomic mass is 10.0. The molecule has 1 atom stereocenters. The van der Waals surface area contributed by atoms with Gasteiger partial charge in [-0.3, -0.25) is 9.59 Å². The maximum absolute atomic E-state index is 13.7. The van der Waals surface area contributed by atoms with E-state index in [1.807, 2.05) is 6.07 Å². The number of carbonyl (C=O) groups excluding carboxylic acids is 2. The summed E-state index contributed by atoms with van der Waals surface area (Å²) in [5.74, 6) is -0.885. The molecule has 2 N–H and O–H groups in total. The second-order valence-electron chi connectivity index (χ2n) is 8.43. The maximum Gasteiger partial charge on any atom is 0.244 e. The van der Waals surface area contributed by atoms with Crippen molar-refractivity contribution in [2.75, 3.05) is 6.54 Å². The van der Waals surface area contributed by atoms with Gasteiger partial charge in [-0.2, -0.15) is 4.31 Å². The van der Waals surface area contributed by atoms with E-state index in [0.717, 1.165) is 9.87 Å². The normalized spacial score (nSPS) is 12.3.